The quantitative estimate of drug-likeness (QED) is 0.558. The van der Waals surface area contributed by atoms with Crippen LogP contribution in [-0.2, 0) is 0 Å². The van der Waals surface area contributed by atoms with Gasteiger partial charge in [0.25, 0.3) is 0 Å². The van der Waals surface area contributed by atoms with Gasteiger partial charge < -0.3 is 0 Å². The zero-order valence-electron chi connectivity index (χ0n) is 10.9. The summed E-state index contributed by atoms with van der Waals surface area (Å²) in [6.45, 7) is 8.74. The van der Waals surface area contributed by atoms with Crippen molar-refractivity contribution in [2.24, 2.45) is 0 Å². The molecule has 2 rings (SSSR count). The lowest BCUT2D eigenvalue weighted by Gasteiger charge is -1.88. The zero-order valence-corrected chi connectivity index (χ0v) is 11.8. The van der Waals surface area contributed by atoms with Crippen molar-refractivity contribution >= 4 is 11.3 Å². The van der Waals surface area contributed by atoms with Crippen LogP contribution in [0.15, 0.2) is 0 Å². The summed E-state index contributed by atoms with van der Waals surface area (Å²) >= 11 is 1.90. The van der Waals surface area contributed by atoms with Crippen molar-refractivity contribution in [3.8, 4) is 11.8 Å². The smallest absolute Gasteiger partial charge is 0.00886 e. The van der Waals surface area contributed by atoms with E-state index >= 15 is 0 Å². The lowest BCUT2D eigenvalue weighted by Crippen LogP contribution is -1.73. The molecule has 1 aliphatic rings. The van der Waals surface area contributed by atoms with Crippen LogP contribution in [-0.4, -0.2) is 0 Å². The van der Waals surface area contributed by atoms with Gasteiger partial charge >= 0.3 is 0 Å². The third kappa shape index (κ3) is 4.02. The molecule has 1 heterocycles. The highest BCUT2D eigenvalue weighted by Crippen LogP contribution is 2.24. The Hall–Kier alpha value is -0.740. The number of hydrogen-bond donors (Lipinski definition) is 0. The molecule has 1 aromatic heterocycles. The van der Waals surface area contributed by atoms with Crippen LogP contribution in [0.25, 0.3) is 0 Å². The average molecular weight is 234 g/mol. The van der Waals surface area contributed by atoms with Crippen molar-refractivity contribution in [2.45, 2.75) is 59.8 Å². The molecule has 0 atom stereocenters. The first kappa shape index (κ1) is 13.3. The summed E-state index contributed by atoms with van der Waals surface area (Å²) in [5, 5.41) is 0. The predicted molar refractivity (Wildman–Crippen MR) is 74.1 cm³/mol. The maximum atomic E-state index is 3.10. The minimum absolute atomic E-state index is 1.14. The van der Waals surface area contributed by atoms with Crippen LogP contribution in [0, 0.1) is 39.5 Å². The van der Waals surface area contributed by atoms with Gasteiger partial charge in [0.1, 0.15) is 0 Å². The minimum Gasteiger partial charge on any atom is -0.145 e. The second kappa shape index (κ2) is 6.76. The van der Waals surface area contributed by atoms with Crippen LogP contribution in [0.5, 0.6) is 0 Å². The Kier molecular flexibility index (Phi) is 5.63. The van der Waals surface area contributed by atoms with Gasteiger partial charge in [-0.25, -0.2) is 0 Å². The van der Waals surface area contributed by atoms with E-state index in [-0.39, 0.29) is 0 Å². The second-order valence-corrected chi connectivity index (χ2v) is 5.81. The molecule has 0 nitrogen and oxygen atoms in total. The van der Waals surface area contributed by atoms with Gasteiger partial charge in [-0.15, -0.1) is 23.2 Å². The fourth-order valence-corrected chi connectivity index (χ4v) is 2.76. The van der Waals surface area contributed by atoms with Gasteiger partial charge in [-0.3, -0.25) is 0 Å². The molecule has 0 aromatic carbocycles. The van der Waals surface area contributed by atoms with E-state index in [1.165, 1.54) is 40.1 Å². The van der Waals surface area contributed by atoms with Gasteiger partial charge in [-0.05, 0) is 51.7 Å². The van der Waals surface area contributed by atoms with E-state index in [4.69, 9.17) is 0 Å². The standard InChI is InChI=1S/C8H12S.C7H10/c1-5-6(2)8(4)9-7(5)3;1-2-4-6-7-5-3-1/h1-4H3;1-5H2. The molecule has 1 aliphatic carbocycles. The molecule has 88 valence electrons. The molecule has 0 unspecified atom stereocenters. The molecular weight excluding hydrogens is 212 g/mol. The van der Waals surface area contributed by atoms with Crippen molar-refractivity contribution in [3.05, 3.63) is 20.9 Å². The molecule has 0 aliphatic heterocycles. The van der Waals surface area contributed by atoms with Gasteiger partial charge in [0.05, 0.1) is 0 Å². The summed E-state index contributed by atoms with van der Waals surface area (Å²) in [6, 6.07) is 0. The zero-order chi connectivity index (χ0) is 12.0. The van der Waals surface area contributed by atoms with Gasteiger partial charge in [-0.2, -0.15) is 0 Å². The maximum Gasteiger partial charge on any atom is 0.00886 e. The molecule has 0 saturated heterocycles. The van der Waals surface area contributed by atoms with Crippen LogP contribution >= 0.6 is 11.3 Å². The number of hydrogen-bond acceptors (Lipinski definition) is 1. The number of rotatable bonds is 0. The predicted octanol–water partition coefficient (Wildman–Crippen LogP) is 4.94. The fraction of sp³-hybridized carbons (Fsp3) is 0.600. The summed E-state index contributed by atoms with van der Waals surface area (Å²) in [7, 11) is 0. The molecule has 0 radical (unpaired) electrons. The highest BCUT2D eigenvalue weighted by Gasteiger charge is 2.02. The van der Waals surface area contributed by atoms with E-state index in [2.05, 4.69) is 39.5 Å². The van der Waals surface area contributed by atoms with E-state index in [9.17, 15) is 0 Å². The van der Waals surface area contributed by atoms with Gasteiger partial charge in [0.15, 0.2) is 0 Å². The summed E-state index contributed by atoms with van der Waals surface area (Å²) in [5.74, 6) is 6.19. The molecule has 0 saturated carbocycles. The topological polar surface area (TPSA) is 0 Å². The van der Waals surface area contributed by atoms with E-state index in [0.717, 1.165) is 12.8 Å². The Balaban J connectivity index is 0.000000165. The van der Waals surface area contributed by atoms with Crippen LogP contribution < -0.4 is 0 Å². The van der Waals surface area contributed by atoms with E-state index < -0.39 is 0 Å². The first-order chi connectivity index (χ1) is 7.63. The van der Waals surface area contributed by atoms with Crippen molar-refractivity contribution in [1.29, 1.82) is 0 Å². The van der Waals surface area contributed by atoms with Crippen molar-refractivity contribution in [2.75, 3.05) is 0 Å². The van der Waals surface area contributed by atoms with Crippen molar-refractivity contribution < 1.29 is 0 Å². The molecule has 0 bridgehead atoms. The molecule has 16 heavy (non-hydrogen) atoms. The Morgan fingerprint density at radius 3 is 1.50 bits per heavy atom. The first-order valence-corrected chi connectivity index (χ1v) is 6.93. The summed E-state index contributed by atoms with van der Waals surface area (Å²) in [6.07, 6.45) is 6.31. The third-order valence-corrected chi connectivity index (χ3v) is 4.38. The number of thiophene rings is 1. The van der Waals surface area contributed by atoms with Gasteiger partial charge in [0.2, 0.25) is 0 Å². The van der Waals surface area contributed by atoms with Crippen LogP contribution in [0.3, 0.4) is 0 Å². The highest BCUT2D eigenvalue weighted by atomic mass is 32.1. The minimum atomic E-state index is 1.14. The summed E-state index contributed by atoms with van der Waals surface area (Å²) < 4.78 is 0. The van der Waals surface area contributed by atoms with E-state index in [1.54, 1.807) is 0 Å². The second-order valence-electron chi connectivity index (χ2n) is 4.38. The third-order valence-electron chi connectivity index (χ3n) is 3.15. The normalized spacial score (nSPS) is 14.2. The first-order valence-electron chi connectivity index (χ1n) is 6.12. The molecule has 0 fully saturated rings. The SMILES string of the molecule is C1#CCCCCC1.Cc1sc(C)c(C)c1C. The Morgan fingerprint density at radius 1 is 0.750 bits per heavy atom. The molecular formula is C15H22S. The Labute approximate surface area is 104 Å². The molecule has 1 heteroatoms. The lowest BCUT2D eigenvalue weighted by molar-refractivity contribution is 0.722. The Bertz CT molecular complexity index is 355. The van der Waals surface area contributed by atoms with Crippen molar-refractivity contribution in [3.63, 3.8) is 0 Å². The van der Waals surface area contributed by atoms with E-state index in [1.807, 2.05) is 11.3 Å². The maximum absolute atomic E-state index is 3.10. The average Bonchev–Trinajstić information content (AvgIpc) is 2.58. The monoisotopic (exact) mass is 234 g/mol. The largest absolute Gasteiger partial charge is 0.145 e. The van der Waals surface area contributed by atoms with Crippen LogP contribution in [0.2, 0.25) is 0 Å². The fourth-order valence-electron chi connectivity index (χ4n) is 1.69. The van der Waals surface area contributed by atoms with Crippen LogP contribution in [0.1, 0.15) is 53.0 Å². The van der Waals surface area contributed by atoms with Gasteiger partial charge in [0, 0.05) is 22.6 Å². The number of aryl methyl sites for hydroxylation is 2. The molecule has 1 aromatic rings. The molecule has 0 spiro atoms. The molecule has 0 amide bonds. The van der Waals surface area contributed by atoms with E-state index in [0.29, 0.717) is 0 Å². The lowest BCUT2D eigenvalue weighted by atomic mass is 10.2. The van der Waals surface area contributed by atoms with Crippen LogP contribution in [0.4, 0.5) is 0 Å². The van der Waals surface area contributed by atoms with Gasteiger partial charge in [-0.1, -0.05) is 6.42 Å². The Morgan fingerprint density at radius 2 is 1.19 bits per heavy atom. The molecule has 0 N–H and O–H groups in total. The highest BCUT2D eigenvalue weighted by molar-refractivity contribution is 7.12. The summed E-state index contributed by atoms with van der Waals surface area (Å²) in [5.41, 5.74) is 2.94. The van der Waals surface area contributed by atoms with Crippen molar-refractivity contribution in [1.82, 2.24) is 0 Å². The summed E-state index contributed by atoms with van der Waals surface area (Å²) in [4.78, 5) is 2.93.